The van der Waals surface area contributed by atoms with Crippen LogP contribution in [0.2, 0.25) is 0 Å². The molecule has 8 heteroatoms. The number of rotatable bonds is 4. The van der Waals surface area contributed by atoms with Crippen LogP contribution in [-0.2, 0) is 0 Å². The Labute approximate surface area is 147 Å². The van der Waals surface area contributed by atoms with Crippen LogP contribution < -0.4 is 10.2 Å². The summed E-state index contributed by atoms with van der Waals surface area (Å²) in [6.45, 7) is 5.59. The molecule has 3 rings (SSSR count). The molecule has 2 aromatic heterocycles. The van der Waals surface area contributed by atoms with Crippen molar-refractivity contribution < 1.29 is 4.79 Å². The second kappa shape index (κ2) is 7.00. The highest BCUT2D eigenvalue weighted by molar-refractivity contribution is 5.90. The topological polar surface area (TPSA) is 87.1 Å². The second-order valence-electron chi connectivity index (χ2n) is 6.45. The van der Waals surface area contributed by atoms with Crippen molar-refractivity contribution in [2.24, 2.45) is 0 Å². The van der Waals surface area contributed by atoms with Gasteiger partial charge in [0.05, 0.1) is 0 Å². The van der Waals surface area contributed by atoms with E-state index in [1.807, 2.05) is 19.9 Å². The average molecular weight is 341 g/mol. The third kappa shape index (κ3) is 3.67. The zero-order chi connectivity index (χ0) is 18.0. The van der Waals surface area contributed by atoms with Crippen LogP contribution >= 0.6 is 0 Å². The van der Waals surface area contributed by atoms with Gasteiger partial charge in [0, 0.05) is 50.7 Å². The van der Waals surface area contributed by atoms with Gasteiger partial charge in [0.25, 0.3) is 5.91 Å². The molecule has 0 saturated carbocycles. The fourth-order valence-electron chi connectivity index (χ4n) is 2.87. The molecule has 25 heavy (non-hydrogen) atoms. The van der Waals surface area contributed by atoms with E-state index >= 15 is 0 Å². The maximum absolute atomic E-state index is 12.2. The Morgan fingerprint density at radius 2 is 2.12 bits per heavy atom. The minimum absolute atomic E-state index is 0.181. The molecule has 0 aliphatic carbocycles. The van der Waals surface area contributed by atoms with Gasteiger partial charge in [0.1, 0.15) is 18.0 Å². The van der Waals surface area contributed by atoms with Crippen molar-refractivity contribution in [2.75, 3.05) is 37.4 Å². The molecule has 3 heterocycles. The van der Waals surface area contributed by atoms with Crippen molar-refractivity contribution in [3.05, 3.63) is 35.7 Å². The highest BCUT2D eigenvalue weighted by Crippen LogP contribution is 2.25. The molecule has 0 spiro atoms. The number of hydrogen-bond acceptors (Lipinski definition) is 7. The molecule has 0 radical (unpaired) electrons. The van der Waals surface area contributed by atoms with Crippen molar-refractivity contribution in [2.45, 2.75) is 26.3 Å². The van der Waals surface area contributed by atoms with Crippen LogP contribution in [-0.4, -0.2) is 64.0 Å². The largest absolute Gasteiger partial charge is 0.365 e. The van der Waals surface area contributed by atoms with Crippen LogP contribution in [0.4, 0.5) is 11.6 Å². The van der Waals surface area contributed by atoms with Crippen molar-refractivity contribution in [1.82, 2.24) is 24.8 Å². The van der Waals surface area contributed by atoms with Gasteiger partial charge in [0.15, 0.2) is 0 Å². The minimum atomic E-state index is -0.181. The third-order valence-corrected chi connectivity index (χ3v) is 4.38. The van der Waals surface area contributed by atoms with Crippen LogP contribution in [0.1, 0.15) is 28.3 Å². The van der Waals surface area contributed by atoms with Crippen LogP contribution in [0, 0.1) is 13.8 Å². The second-order valence-corrected chi connectivity index (χ2v) is 6.45. The molecule has 1 N–H and O–H groups in total. The predicted octanol–water partition coefficient (Wildman–Crippen LogP) is 1.28. The quantitative estimate of drug-likeness (QED) is 0.896. The normalized spacial score (nSPS) is 16.8. The monoisotopic (exact) mass is 341 g/mol. The van der Waals surface area contributed by atoms with Gasteiger partial charge >= 0.3 is 0 Å². The van der Waals surface area contributed by atoms with Gasteiger partial charge in [-0.15, -0.1) is 0 Å². The number of nitrogens with one attached hydrogen (secondary N) is 1. The SMILES string of the molecule is Cc1nc(C(=O)N(C)C)nc(N2CC[C@@H](Nc3ccncn3)C2)c1C. The van der Waals surface area contributed by atoms with Gasteiger partial charge < -0.3 is 15.1 Å². The fraction of sp³-hybridized carbons (Fsp3) is 0.471. The maximum Gasteiger partial charge on any atom is 0.291 e. The molecule has 1 aliphatic heterocycles. The smallest absolute Gasteiger partial charge is 0.291 e. The Kier molecular flexibility index (Phi) is 4.78. The summed E-state index contributed by atoms with van der Waals surface area (Å²) in [5.74, 6) is 1.72. The number of carbonyl (C=O) groups is 1. The number of anilines is 2. The van der Waals surface area contributed by atoms with Crippen molar-refractivity contribution >= 4 is 17.5 Å². The van der Waals surface area contributed by atoms with Gasteiger partial charge in [-0.1, -0.05) is 0 Å². The van der Waals surface area contributed by atoms with E-state index in [2.05, 4.69) is 30.2 Å². The Morgan fingerprint density at radius 3 is 2.80 bits per heavy atom. The Balaban J connectivity index is 1.79. The highest BCUT2D eigenvalue weighted by Gasteiger charge is 2.27. The van der Waals surface area contributed by atoms with Crippen LogP contribution in [0.3, 0.4) is 0 Å². The molecule has 0 unspecified atom stereocenters. The number of nitrogens with zero attached hydrogens (tertiary/aromatic N) is 6. The van der Waals surface area contributed by atoms with Gasteiger partial charge in [-0.25, -0.2) is 19.9 Å². The molecular weight excluding hydrogens is 318 g/mol. The van der Waals surface area contributed by atoms with Crippen molar-refractivity contribution in [3.8, 4) is 0 Å². The first-order chi connectivity index (χ1) is 12.0. The molecular formula is C17H23N7O. The van der Waals surface area contributed by atoms with Crippen LogP contribution in [0.5, 0.6) is 0 Å². The van der Waals surface area contributed by atoms with E-state index in [9.17, 15) is 4.79 Å². The molecule has 1 fully saturated rings. The maximum atomic E-state index is 12.2. The number of aromatic nitrogens is 4. The molecule has 1 amide bonds. The van der Waals surface area contributed by atoms with Crippen LogP contribution in [0.25, 0.3) is 0 Å². The molecule has 0 bridgehead atoms. The van der Waals surface area contributed by atoms with Gasteiger partial charge in [-0.2, -0.15) is 0 Å². The van der Waals surface area contributed by atoms with E-state index in [1.54, 1.807) is 20.3 Å². The first-order valence-electron chi connectivity index (χ1n) is 8.30. The zero-order valence-corrected chi connectivity index (χ0v) is 15.0. The first kappa shape index (κ1) is 17.1. The zero-order valence-electron chi connectivity index (χ0n) is 15.0. The number of hydrogen-bond donors (Lipinski definition) is 1. The summed E-state index contributed by atoms with van der Waals surface area (Å²) in [5.41, 5.74) is 1.85. The lowest BCUT2D eigenvalue weighted by Crippen LogP contribution is -2.30. The number of amides is 1. The fourth-order valence-corrected chi connectivity index (χ4v) is 2.87. The Bertz CT molecular complexity index is 763. The lowest BCUT2D eigenvalue weighted by Gasteiger charge is -2.22. The summed E-state index contributed by atoms with van der Waals surface area (Å²) in [4.78, 5) is 33.0. The van der Waals surface area contributed by atoms with Gasteiger partial charge in [0.2, 0.25) is 5.82 Å². The van der Waals surface area contributed by atoms with Gasteiger partial charge in [-0.3, -0.25) is 4.79 Å². The van der Waals surface area contributed by atoms with Crippen molar-refractivity contribution in [1.29, 1.82) is 0 Å². The Morgan fingerprint density at radius 1 is 1.32 bits per heavy atom. The van der Waals surface area contributed by atoms with E-state index in [4.69, 9.17) is 0 Å². The highest BCUT2D eigenvalue weighted by atomic mass is 16.2. The predicted molar refractivity (Wildman–Crippen MR) is 95.8 cm³/mol. The summed E-state index contributed by atoms with van der Waals surface area (Å²) >= 11 is 0. The molecule has 1 saturated heterocycles. The van der Waals surface area contributed by atoms with E-state index in [1.165, 1.54) is 11.2 Å². The standard InChI is InChI=1S/C17H23N7O/c1-11-12(2)20-15(17(25)23(3)4)22-16(11)24-8-6-13(9-24)21-14-5-7-18-10-19-14/h5,7,10,13H,6,8-9H2,1-4H3,(H,18,19,21)/t13-/m1/s1. The van der Waals surface area contributed by atoms with Crippen molar-refractivity contribution in [3.63, 3.8) is 0 Å². The third-order valence-electron chi connectivity index (χ3n) is 4.38. The van der Waals surface area contributed by atoms with E-state index < -0.39 is 0 Å². The average Bonchev–Trinajstić information content (AvgIpc) is 3.05. The minimum Gasteiger partial charge on any atom is -0.365 e. The molecule has 0 aromatic carbocycles. The van der Waals surface area contributed by atoms with E-state index in [-0.39, 0.29) is 17.8 Å². The molecule has 8 nitrogen and oxygen atoms in total. The van der Waals surface area contributed by atoms with E-state index in [0.717, 1.165) is 42.4 Å². The summed E-state index contributed by atoms with van der Waals surface area (Å²) in [6, 6.07) is 2.13. The lowest BCUT2D eigenvalue weighted by molar-refractivity contribution is 0.0815. The molecule has 1 atom stereocenters. The summed E-state index contributed by atoms with van der Waals surface area (Å²) in [6.07, 6.45) is 4.23. The molecule has 2 aromatic rings. The summed E-state index contributed by atoms with van der Waals surface area (Å²) in [5, 5.41) is 3.42. The summed E-state index contributed by atoms with van der Waals surface area (Å²) in [7, 11) is 3.41. The summed E-state index contributed by atoms with van der Waals surface area (Å²) < 4.78 is 0. The first-order valence-corrected chi connectivity index (χ1v) is 8.30. The molecule has 132 valence electrons. The lowest BCUT2D eigenvalue weighted by atomic mass is 10.2. The van der Waals surface area contributed by atoms with E-state index in [0.29, 0.717) is 0 Å². The Hall–Kier alpha value is -2.77. The molecule has 1 aliphatic rings. The number of carbonyl (C=O) groups excluding carboxylic acids is 1. The van der Waals surface area contributed by atoms with Gasteiger partial charge in [-0.05, 0) is 26.3 Å². The van der Waals surface area contributed by atoms with Crippen LogP contribution in [0.15, 0.2) is 18.6 Å². The number of aryl methyl sites for hydroxylation is 1.